The van der Waals surface area contributed by atoms with E-state index in [9.17, 15) is 9.59 Å². The third-order valence-corrected chi connectivity index (χ3v) is 5.80. The highest BCUT2D eigenvalue weighted by Crippen LogP contribution is 2.28. The first-order valence-corrected chi connectivity index (χ1v) is 10.8. The summed E-state index contributed by atoms with van der Waals surface area (Å²) in [4.78, 5) is 40.1. The highest BCUT2D eigenvalue weighted by molar-refractivity contribution is 5.97. The Balaban J connectivity index is 1.12. The number of anilines is 1. The number of nitrogens with zero attached hydrogens (tertiary/aromatic N) is 6. The van der Waals surface area contributed by atoms with E-state index in [2.05, 4.69) is 15.3 Å². The van der Waals surface area contributed by atoms with Crippen LogP contribution in [0.1, 0.15) is 18.4 Å². The van der Waals surface area contributed by atoms with Gasteiger partial charge in [-0.2, -0.15) is 0 Å². The summed E-state index contributed by atoms with van der Waals surface area (Å²) in [5.41, 5.74) is 3.31. The van der Waals surface area contributed by atoms with Gasteiger partial charge in [0.05, 0.1) is 13.2 Å². The molecule has 0 aliphatic carbocycles. The standard InChI is InChI=1S/C22H24N6O4/c29-20(7-8-21(30)27-11-9-16-4-1-2-6-19(16)27)26-12-13-31-17(14-26)15-32-28-22-18(24-25-28)5-3-10-23-22/h1-6,10,17H,7-9,11-15H2. The third-order valence-electron chi connectivity index (χ3n) is 5.80. The van der Waals surface area contributed by atoms with Crippen LogP contribution in [0, 0.1) is 0 Å². The highest BCUT2D eigenvalue weighted by atomic mass is 16.7. The Morgan fingerprint density at radius 3 is 2.91 bits per heavy atom. The van der Waals surface area contributed by atoms with Crippen LogP contribution in [0.5, 0.6) is 0 Å². The van der Waals surface area contributed by atoms with Crippen LogP contribution in [-0.4, -0.2) is 75.8 Å². The summed E-state index contributed by atoms with van der Waals surface area (Å²) < 4.78 is 5.74. The first-order valence-electron chi connectivity index (χ1n) is 10.8. The molecule has 2 aliphatic heterocycles. The molecule has 2 amide bonds. The number of benzene rings is 1. The number of hydrogen-bond acceptors (Lipinski definition) is 7. The van der Waals surface area contributed by atoms with Gasteiger partial charge >= 0.3 is 0 Å². The van der Waals surface area contributed by atoms with Gasteiger partial charge < -0.3 is 19.4 Å². The fourth-order valence-electron chi connectivity index (χ4n) is 4.14. The van der Waals surface area contributed by atoms with Crippen molar-refractivity contribution in [2.45, 2.75) is 25.4 Å². The number of fused-ring (bicyclic) bond motifs is 2. The summed E-state index contributed by atoms with van der Waals surface area (Å²) in [5.74, 6) is -0.0611. The molecule has 166 valence electrons. The predicted molar refractivity (Wildman–Crippen MR) is 115 cm³/mol. The molecular formula is C22H24N6O4. The molecule has 10 nitrogen and oxygen atoms in total. The van der Waals surface area contributed by atoms with Crippen LogP contribution in [0.3, 0.4) is 0 Å². The summed E-state index contributed by atoms with van der Waals surface area (Å²) in [6.45, 7) is 2.21. The summed E-state index contributed by atoms with van der Waals surface area (Å²) in [5, 5.41) is 7.94. The van der Waals surface area contributed by atoms with E-state index in [1.165, 1.54) is 10.4 Å². The van der Waals surface area contributed by atoms with E-state index in [4.69, 9.17) is 9.57 Å². The molecule has 2 aliphatic rings. The van der Waals surface area contributed by atoms with E-state index in [0.717, 1.165) is 12.1 Å². The molecule has 3 aromatic rings. The second-order valence-electron chi connectivity index (χ2n) is 7.86. The molecule has 5 rings (SSSR count). The number of amides is 2. The molecule has 0 radical (unpaired) electrons. The summed E-state index contributed by atoms with van der Waals surface area (Å²) >= 11 is 0. The van der Waals surface area contributed by atoms with Crippen molar-refractivity contribution in [2.24, 2.45) is 0 Å². The van der Waals surface area contributed by atoms with Crippen LogP contribution in [0.4, 0.5) is 5.69 Å². The van der Waals surface area contributed by atoms with Crippen molar-refractivity contribution in [3.05, 3.63) is 48.2 Å². The van der Waals surface area contributed by atoms with Crippen LogP contribution in [0.2, 0.25) is 0 Å². The van der Waals surface area contributed by atoms with Crippen LogP contribution >= 0.6 is 0 Å². The van der Waals surface area contributed by atoms with Crippen molar-refractivity contribution in [2.75, 3.05) is 37.7 Å². The normalized spacial score (nSPS) is 18.1. The van der Waals surface area contributed by atoms with Crippen LogP contribution in [-0.2, 0) is 20.7 Å². The molecule has 1 unspecified atom stereocenters. The lowest BCUT2D eigenvalue weighted by molar-refractivity contribution is -0.142. The zero-order valence-electron chi connectivity index (χ0n) is 17.6. The molecule has 10 heteroatoms. The number of morpholine rings is 1. The van der Waals surface area contributed by atoms with Crippen molar-refractivity contribution in [3.8, 4) is 0 Å². The minimum absolute atomic E-state index is 0.0120. The van der Waals surface area contributed by atoms with E-state index in [1.807, 2.05) is 24.3 Å². The van der Waals surface area contributed by atoms with E-state index >= 15 is 0 Å². The molecule has 1 saturated heterocycles. The van der Waals surface area contributed by atoms with Crippen LogP contribution in [0.15, 0.2) is 42.6 Å². The maximum Gasteiger partial charge on any atom is 0.227 e. The smallest absolute Gasteiger partial charge is 0.227 e. The Kier molecular flexibility index (Phi) is 5.68. The fourth-order valence-corrected chi connectivity index (χ4v) is 4.14. The molecule has 2 aromatic heterocycles. The molecule has 0 saturated carbocycles. The van der Waals surface area contributed by atoms with Gasteiger partial charge in [0, 0.05) is 37.8 Å². The zero-order chi connectivity index (χ0) is 21.9. The van der Waals surface area contributed by atoms with Gasteiger partial charge in [-0.15, -0.1) is 5.10 Å². The molecule has 0 spiro atoms. The van der Waals surface area contributed by atoms with Gasteiger partial charge in [0.25, 0.3) is 0 Å². The van der Waals surface area contributed by atoms with Gasteiger partial charge in [-0.25, -0.2) is 4.98 Å². The third kappa shape index (κ3) is 4.13. The summed E-state index contributed by atoms with van der Waals surface area (Å²) in [6.07, 6.45) is 2.59. The number of pyridine rings is 1. The quantitative estimate of drug-likeness (QED) is 0.564. The molecule has 32 heavy (non-hydrogen) atoms. The molecule has 0 bridgehead atoms. The van der Waals surface area contributed by atoms with Crippen molar-refractivity contribution in [1.82, 2.24) is 25.0 Å². The molecular weight excluding hydrogens is 412 g/mol. The Labute approximate surface area is 184 Å². The van der Waals surface area contributed by atoms with Crippen molar-refractivity contribution in [1.29, 1.82) is 0 Å². The first kappa shape index (κ1) is 20.4. The number of para-hydroxylation sites is 1. The van der Waals surface area contributed by atoms with E-state index < -0.39 is 0 Å². The van der Waals surface area contributed by atoms with E-state index in [0.29, 0.717) is 37.4 Å². The average Bonchev–Trinajstić information content (AvgIpc) is 3.45. The van der Waals surface area contributed by atoms with Gasteiger partial charge in [-0.1, -0.05) is 23.0 Å². The fraction of sp³-hybridized carbons (Fsp3) is 0.409. The first-order chi connectivity index (χ1) is 15.7. The second kappa shape index (κ2) is 8.91. The number of hydrogen-bond donors (Lipinski definition) is 0. The number of rotatable bonds is 6. The summed E-state index contributed by atoms with van der Waals surface area (Å²) in [6, 6.07) is 11.5. The lowest BCUT2D eigenvalue weighted by Gasteiger charge is -2.32. The molecule has 1 aromatic carbocycles. The number of carbonyl (C=O) groups excluding carboxylic acids is 2. The second-order valence-corrected chi connectivity index (χ2v) is 7.86. The van der Waals surface area contributed by atoms with Crippen molar-refractivity contribution < 1.29 is 19.2 Å². The Morgan fingerprint density at radius 1 is 1.09 bits per heavy atom. The lowest BCUT2D eigenvalue weighted by Crippen LogP contribution is -2.48. The zero-order valence-corrected chi connectivity index (χ0v) is 17.6. The topological polar surface area (TPSA) is 103 Å². The summed E-state index contributed by atoms with van der Waals surface area (Å²) in [7, 11) is 0. The Morgan fingerprint density at radius 2 is 1.97 bits per heavy atom. The number of ether oxygens (including phenoxy) is 1. The van der Waals surface area contributed by atoms with Gasteiger partial charge in [0.1, 0.15) is 18.2 Å². The maximum absolute atomic E-state index is 12.7. The number of carbonyl (C=O) groups is 2. The Hall–Kier alpha value is -3.53. The van der Waals surface area contributed by atoms with E-state index in [1.54, 1.807) is 28.1 Å². The molecule has 0 N–H and O–H groups in total. The SMILES string of the molecule is O=C(CCC(=O)N1CCc2ccccc21)N1CCOC(COn2nnc3cccnc32)C1. The Bertz CT molecular complexity index is 1130. The van der Waals surface area contributed by atoms with Gasteiger partial charge in [-0.3, -0.25) is 9.59 Å². The van der Waals surface area contributed by atoms with Gasteiger partial charge in [-0.05, 0) is 35.4 Å². The monoisotopic (exact) mass is 436 g/mol. The van der Waals surface area contributed by atoms with Crippen molar-refractivity contribution >= 4 is 28.7 Å². The molecule has 4 heterocycles. The lowest BCUT2D eigenvalue weighted by atomic mass is 10.2. The molecule has 1 atom stereocenters. The largest absolute Gasteiger partial charge is 0.391 e. The molecule has 1 fully saturated rings. The average molecular weight is 436 g/mol. The van der Waals surface area contributed by atoms with Crippen LogP contribution < -0.4 is 9.74 Å². The number of aromatic nitrogens is 4. The van der Waals surface area contributed by atoms with Crippen molar-refractivity contribution in [3.63, 3.8) is 0 Å². The van der Waals surface area contributed by atoms with Gasteiger partial charge in [0.2, 0.25) is 17.5 Å². The van der Waals surface area contributed by atoms with E-state index in [-0.39, 0.29) is 37.4 Å². The minimum Gasteiger partial charge on any atom is -0.391 e. The minimum atomic E-state index is -0.295. The highest BCUT2D eigenvalue weighted by Gasteiger charge is 2.28. The van der Waals surface area contributed by atoms with Crippen LogP contribution in [0.25, 0.3) is 11.2 Å². The van der Waals surface area contributed by atoms with Gasteiger partial charge in [0.15, 0.2) is 0 Å². The maximum atomic E-state index is 12.7. The predicted octanol–water partition coefficient (Wildman–Crippen LogP) is 0.852.